The Morgan fingerprint density at radius 1 is 1.30 bits per heavy atom. The van der Waals surface area contributed by atoms with Crippen molar-refractivity contribution < 1.29 is 14.6 Å². The van der Waals surface area contributed by atoms with E-state index in [2.05, 4.69) is 5.32 Å². The molecule has 2 aromatic carbocycles. The van der Waals surface area contributed by atoms with Gasteiger partial charge in [0.2, 0.25) is 0 Å². The molecular formula is C22H24ClN3O3S. The van der Waals surface area contributed by atoms with Gasteiger partial charge in [0.1, 0.15) is 5.00 Å². The highest BCUT2D eigenvalue weighted by Gasteiger charge is 2.22. The van der Waals surface area contributed by atoms with Crippen LogP contribution in [0.25, 0.3) is 11.1 Å². The number of nitrogens with zero attached hydrogens (tertiary/aromatic N) is 1. The second-order valence-corrected chi connectivity index (χ2v) is 8.05. The van der Waals surface area contributed by atoms with Crippen LogP contribution in [0.3, 0.4) is 0 Å². The number of benzene rings is 2. The van der Waals surface area contributed by atoms with Gasteiger partial charge in [-0.05, 0) is 42.8 Å². The second kappa shape index (κ2) is 9.49. The molecule has 1 unspecified atom stereocenters. The predicted molar refractivity (Wildman–Crippen MR) is 124 cm³/mol. The van der Waals surface area contributed by atoms with Crippen LogP contribution in [0.1, 0.15) is 29.1 Å². The van der Waals surface area contributed by atoms with Gasteiger partial charge >= 0.3 is 0 Å². The Hall–Kier alpha value is -2.58. The van der Waals surface area contributed by atoms with Crippen molar-refractivity contribution in [2.24, 2.45) is 0 Å². The summed E-state index contributed by atoms with van der Waals surface area (Å²) in [5, 5.41) is 16.4. The Kier molecular flexibility index (Phi) is 6.99. The average molecular weight is 446 g/mol. The van der Waals surface area contributed by atoms with Crippen LogP contribution in [-0.4, -0.2) is 31.7 Å². The fraction of sp³-hybridized carbons (Fsp3) is 0.227. The van der Waals surface area contributed by atoms with Crippen molar-refractivity contribution >= 4 is 45.2 Å². The number of aliphatic hydroxyl groups excluding tert-OH is 1. The van der Waals surface area contributed by atoms with Crippen LogP contribution in [0.2, 0.25) is 5.02 Å². The van der Waals surface area contributed by atoms with Gasteiger partial charge in [0, 0.05) is 42.2 Å². The van der Waals surface area contributed by atoms with Crippen LogP contribution in [-0.2, 0) is 4.74 Å². The topological polar surface area (TPSA) is 87.8 Å². The molecule has 3 rings (SSSR count). The molecule has 4 N–H and O–H groups in total. The number of hydrogen-bond acceptors (Lipinski definition) is 6. The highest BCUT2D eigenvalue weighted by molar-refractivity contribution is 7.15. The first kappa shape index (κ1) is 22.1. The van der Waals surface area contributed by atoms with Gasteiger partial charge in [-0.3, -0.25) is 4.79 Å². The first-order valence-corrected chi connectivity index (χ1v) is 10.6. The maximum absolute atomic E-state index is 12.9. The van der Waals surface area contributed by atoms with Crippen LogP contribution < -0.4 is 16.0 Å². The van der Waals surface area contributed by atoms with Crippen molar-refractivity contribution in [1.29, 1.82) is 0 Å². The van der Waals surface area contributed by atoms with Crippen LogP contribution >= 0.6 is 22.9 Å². The van der Waals surface area contributed by atoms with Crippen LogP contribution in [0.5, 0.6) is 0 Å². The molecule has 0 aliphatic carbocycles. The van der Waals surface area contributed by atoms with Gasteiger partial charge in [0.05, 0.1) is 16.9 Å². The van der Waals surface area contributed by atoms with Crippen LogP contribution in [0.4, 0.5) is 16.4 Å². The van der Waals surface area contributed by atoms with Crippen molar-refractivity contribution in [2.75, 3.05) is 36.7 Å². The Bertz CT molecular complexity index is 1040. The number of nitrogens with one attached hydrogen (secondary N) is 1. The van der Waals surface area contributed by atoms with E-state index in [1.54, 1.807) is 30.3 Å². The smallest absolute Gasteiger partial charge is 0.256 e. The number of methoxy groups -OCH3 is 1. The first-order valence-electron chi connectivity index (χ1n) is 9.35. The minimum absolute atomic E-state index is 0.296. The number of aliphatic hydroxyl groups is 1. The van der Waals surface area contributed by atoms with Gasteiger partial charge in [0.25, 0.3) is 5.91 Å². The van der Waals surface area contributed by atoms with E-state index in [9.17, 15) is 9.90 Å². The molecule has 1 aromatic heterocycles. The Morgan fingerprint density at radius 2 is 2.00 bits per heavy atom. The van der Waals surface area contributed by atoms with Crippen molar-refractivity contribution in [3.8, 4) is 11.1 Å². The molecular weight excluding hydrogens is 422 g/mol. The van der Waals surface area contributed by atoms with Gasteiger partial charge in [-0.1, -0.05) is 23.7 Å². The fourth-order valence-corrected chi connectivity index (χ4v) is 4.16. The van der Waals surface area contributed by atoms with Gasteiger partial charge in [0.15, 0.2) is 6.29 Å². The quantitative estimate of drug-likeness (QED) is 0.352. The summed E-state index contributed by atoms with van der Waals surface area (Å²) in [5.74, 6) is -0.296. The summed E-state index contributed by atoms with van der Waals surface area (Å²) in [6.07, 6.45) is -1.19. The van der Waals surface area contributed by atoms with Crippen LogP contribution in [0, 0.1) is 0 Å². The van der Waals surface area contributed by atoms with E-state index in [1.807, 2.05) is 36.4 Å². The van der Waals surface area contributed by atoms with Crippen molar-refractivity contribution in [3.63, 3.8) is 0 Å². The summed E-state index contributed by atoms with van der Waals surface area (Å²) >= 11 is 7.31. The number of nitrogens with two attached hydrogens (primary N) is 1. The number of carbonyl (C=O) groups excluding carboxylic acids is 1. The van der Waals surface area contributed by atoms with E-state index < -0.39 is 6.29 Å². The number of nitrogen functional groups attached to an aromatic ring is 1. The summed E-state index contributed by atoms with van der Waals surface area (Å²) in [5.41, 5.74) is 10.0. The van der Waals surface area contributed by atoms with Gasteiger partial charge in [-0.25, -0.2) is 0 Å². The molecule has 30 heavy (non-hydrogen) atoms. The van der Waals surface area contributed by atoms with E-state index >= 15 is 0 Å². The van der Waals surface area contributed by atoms with Crippen molar-refractivity contribution in [2.45, 2.75) is 13.2 Å². The number of anilines is 3. The molecule has 0 aliphatic rings. The fourth-order valence-electron chi connectivity index (χ4n) is 3.04. The lowest BCUT2D eigenvalue weighted by atomic mass is 10.0. The molecule has 0 spiro atoms. The molecule has 0 saturated carbocycles. The molecule has 0 bridgehead atoms. The maximum Gasteiger partial charge on any atom is 0.256 e. The number of carbonyl (C=O) groups is 1. The third-order valence-corrected chi connectivity index (χ3v) is 6.02. The lowest BCUT2D eigenvalue weighted by Gasteiger charge is -2.20. The molecule has 1 amide bonds. The number of halogens is 1. The Labute approximate surface area is 184 Å². The van der Waals surface area contributed by atoms with E-state index in [1.165, 1.54) is 18.4 Å². The van der Waals surface area contributed by atoms with E-state index in [0.717, 1.165) is 23.4 Å². The summed E-state index contributed by atoms with van der Waals surface area (Å²) in [6, 6.07) is 12.4. The van der Waals surface area contributed by atoms with Gasteiger partial charge in [-0.2, -0.15) is 0 Å². The summed E-state index contributed by atoms with van der Waals surface area (Å²) in [6.45, 7) is 2.77. The highest BCUT2D eigenvalue weighted by Crippen LogP contribution is 2.40. The van der Waals surface area contributed by atoms with Crippen molar-refractivity contribution in [1.82, 2.24) is 0 Å². The largest absolute Gasteiger partial charge is 0.397 e. The lowest BCUT2D eigenvalue weighted by Crippen LogP contribution is -2.19. The summed E-state index contributed by atoms with van der Waals surface area (Å²) in [7, 11) is 3.32. The Morgan fingerprint density at radius 3 is 2.63 bits per heavy atom. The number of hydrogen-bond donors (Lipinski definition) is 3. The van der Waals surface area contributed by atoms with E-state index in [0.29, 0.717) is 26.8 Å². The number of ether oxygens (including phenoxy) is 1. The molecule has 0 saturated heterocycles. The minimum atomic E-state index is -1.19. The maximum atomic E-state index is 12.9. The zero-order valence-electron chi connectivity index (χ0n) is 17.0. The van der Waals surface area contributed by atoms with E-state index in [-0.39, 0.29) is 5.91 Å². The highest BCUT2D eigenvalue weighted by atomic mass is 35.5. The minimum Gasteiger partial charge on any atom is -0.397 e. The zero-order chi connectivity index (χ0) is 21.8. The second-order valence-electron chi connectivity index (χ2n) is 6.73. The summed E-state index contributed by atoms with van der Waals surface area (Å²) < 4.78 is 5.15. The molecule has 0 aliphatic heterocycles. The molecule has 8 heteroatoms. The molecule has 6 nitrogen and oxygen atoms in total. The predicted octanol–water partition coefficient (Wildman–Crippen LogP) is 5.00. The number of amides is 1. The van der Waals surface area contributed by atoms with Crippen molar-refractivity contribution in [3.05, 3.63) is 64.0 Å². The third kappa shape index (κ3) is 4.60. The monoisotopic (exact) mass is 445 g/mol. The normalized spacial score (nSPS) is 11.9. The molecule has 0 fully saturated rings. The zero-order valence-corrected chi connectivity index (χ0v) is 18.6. The first-order chi connectivity index (χ1) is 14.3. The van der Waals surface area contributed by atoms with Gasteiger partial charge in [-0.15, -0.1) is 11.3 Å². The average Bonchev–Trinajstić information content (AvgIpc) is 3.16. The molecule has 158 valence electrons. The SMILES string of the molecule is CCN(C)c1cc(C(=O)Nc2scc(-c3ccc(Cl)cc3)c2C(O)OC)ccc1N. The molecule has 1 heterocycles. The third-order valence-electron chi connectivity index (χ3n) is 4.86. The van der Waals surface area contributed by atoms with Crippen LogP contribution in [0.15, 0.2) is 47.8 Å². The molecule has 3 aromatic rings. The lowest BCUT2D eigenvalue weighted by molar-refractivity contribution is -0.0757. The Balaban J connectivity index is 1.95. The summed E-state index contributed by atoms with van der Waals surface area (Å²) in [4.78, 5) is 14.9. The molecule has 0 radical (unpaired) electrons. The molecule has 1 atom stereocenters. The van der Waals surface area contributed by atoms with Gasteiger partial charge < -0.3 is 25.8 Å². The van der Waals surface area contributed by atoms with E-state index in [4.69, 9.17) is 22.1 Å². The number of thiophene rings is 1. The number of rotatable bonds is 7. The standard InChI is InChI=1S/C22H24ClN3O3S/c1-4-26(2)18-11-14(7-10-17(18)24)20(27)25-21-19(22(28)29-3)16(12-30-21)13-5-8-15(23)9-6-13/h5-12,22,28H,4,24H2,1-3H3,(H,25,27).